The maximum Gasteiger partial charge on any atom is 0.418 e. The Bertz CT molecular complexity index is 662. The van der Waals surface area contributed by atoms with E-state index in [0.29, 0.717) is 6.20 Å². The van der Waals surface area contributed by atoms with Gasteiger partial charge in [0.05, 0.1) is 16.8 Å². The minimum absolute atomic E-state index is 0.0542. The van der Waals surface area contributed by atoms with Gasteiger partial charge in [-0.2, -0.15) is 26.3 Å². The second kappa shape index (κ2) is 5.47. The summed E-state index contributed by atoms with van der Waals surface area (Å²) in [5, 5.41) is 0. The third kappa shape index (κ3) is 3.66. The lowest BCUT2D eigenvalue weighted by atomic mass is 10.1. The Morgan fingerprint density at radius 2 is 1.57 bits per heavy atom. The van der Waals surface area contributed by atoms with Gasteiger partial charge in [-0.3, -0.25) is 4.98 Å². The first-order valence-corrected chi connectivity index (χ1v) is 6.57. The van der Waals surface area contributed by atoms with Crippen molar-refractivity contribution in [1.29, 1.82) is 0 Å². The van der Waals surface area contributed by atoms with Crippen LogP contribution < -0.4 is 0 Å². The molecule has 0 aliphatic carbocycles. The summed E-state index contributed by atoms with van der Waals surface area (Å²) in [6.07, 6.45) is -8.44. The van der Waals surface area contributed by atoms with Gasteiger partial charge in [0.25, 0.3) is 0 Å². The molecule has 0 radical (unpaired) electrons. The van der Waals surface area contributed by atoms with Gasteiger partial charge in [0.2, 0.25) is 0 Å². The number of aromatic nitrogens is 1. The van der Waals surface area contributed by atoms with Crippen molar-refractivity contribution in [2.75, 3.05) is 0 Å². The first-order valence-electron chi connectivity index (χ1n) is 5.49. The first-order chi connectivity index (χ1) is 9.59. The fraction of sp³-hybridized carbons (Fsp3) is 0.154. The van der Waals surface area contributed by atoms with Crippen molar-refractivity contribution in [3.63, 3.8) is 0 Å². The molecule has 0 saturated carbocycles. The number of hydrogen-bond acceptors (Lipinski definition) is 1. The van der Waals surface area contributed by atoms with Gasteiger partial charge in [-0.05, 0) is 40.8 Å². The molecule has 0 saturated heterocycles. The molecule has 112 valence electrons. The fourth-order valence-corrected chi connectivity index (χ4v) is 2.39. The highest BCUT2D eigenvalue weighted by Crippen LogP contribution is 2.35. The van der Waals surface area contributed by atoms with Crippen molar-refractivity contribution >= 4 is 22.6 Å². The molecule has 21 heavy (non-hydrogen) atoms. The van der Waals surface area contributed by atoms with Gasteiger partial charge in [0, 0.05) is 15.3 Å². The van der Waals surface area contributed by atoms with Gasteiger partial charge in [-0.1, -0.05) is 12.1 Å². The average Bonchev–Trinajstić information content (AvgIpc) is 2.36. The molecule has 2 rings (SSSR count). The summed E-state index contributed by atoms with van der Waals surface area (Å²) in [4.78, 5) is 3.61. The van der Waals surface area contributed by atoms with Gasteiger partial charge in [0.15, 0.2) is 0 Å². The lowest BCUT2D eigenvalue weighted by Crippen LogP contribution is -2.08. The molecule has 0 amide bonds. The van der Waals surface area contributed by atoms with Crippen LogP contribution in [0, 0.1) is 3.57 Å². The maximum absolute atomic E-state index is 12.6. The molecule has 0 unspecified atom stereocenters. The number of rotatable bonds is 1. The van der Waals surface area contributed by atoms with Crippen LogP contribution in [0.3, 0.4) is 0 Å². The van der Waals surface area contributed by atoms with E-state index in [0.717, 1.165) is 18.2 Å². The number of nitrogens with zero attached hydrogens (tertiary/aromatic N) is 1. The normalized spacial score (nSPS) is 12.5. The molecule has 1 aromatic carbocycles. The van der Waals surface area contributed by atoms with E-state index in [-0.39, 0.29) is 14.8 Å². The number of pyridine rings is 1. The molecular weight excluding hydrogens is 411 g/mol. The number of hydrogen-bond donors (Lipinski definition) is 0. The minimum atomic E-state index is -4.55. The van der Waals surface area contributed by atoms with E-state index in [2.05, 4.69) is 4.98 Å². The third-order valence-corrected chi connectivity index (χ3v) is 3.54. The van der Waals surface area contributed by atoms with Crippen molar-refractivity contribution in [2.45, 2.75) is 12.4 Å². The molecule has 1 heterocycles. The molecule has 0 spiro atoms. The van der Waals surface area contributed by atoms with Crippen LogP contribution in [0.4, 0.5) is 26.3 Å². The summed E-state index contributed by atoms with van der Waals surface area (Å²) in [6.45, 7) is 0. The standard InChI is InChI=1S/C13H6F6IN/c14-12(15,16)8-3-1-2-7(4-8)11-5-10(20)9(6-21-11)13(17,18)19/h1-6H. The Morgan fingerprint density at radius 1 is 0.905 bits per heavy atom. The van der Waals surface area contributed by atoms with Crippen LogP contribution in [0.15, 0.2) is 36.5 Å². The topological polar surface area (TPSA) is 12.9 Å². The molecule has 2 aromatic rings. The van der Waals surface area contributed by atoms with Crippen molar-refractivity contribution in [1.82, 2.24) is 4.98 Å². The molecule has 1 aromatic heterocycles. The molecule has 0 aliphatic rings. The van der Waals surface area contributed by atoms with E-state index in [9.17, 15) is 26.3 Å². The maximum atomic E-state index is 12.6. The van der Waals surface area contributed by atoms with E-state index in [1.165, 1.54) is 34.7 Å². The molecule has 0 N–H and O–H groups in total. The van der Waals surface area contributed by atoms with Gasteiger partial charge in [-0.15, -0.1) is 0 Å². The van der Waals surface area contributed by atoms with Gasteiger partial charge < -0.3 is 0 Å². The van der Waals surface area contributed by atoms with Crippen LogP contribution in [0.25, 0.3) is 11.3 Å². The Kier molecular flexibility index (Phi) is 4.18. The highest BCUT2D eigenvalue weighted by molar-refractivity contribution is 14.1. The van der Waals surface area contributed by atoms with Gasteiger partial charge in [-0.25, -0.2) is 0 Å². The van der Waals surface area contributed by atoms with E-state index in [4.69, 9.17) is 0 Å². The van der Waals surface area contributed by atoms with Crippen molar-refractivity contribution < 1.29 is 26.3 Å². The van der Waals surface area contributed by atoms with Crippen LogP contribution in [0.1, 0.15) is 11.1 Å². The van der Waals surface area contributed by atoms with Crippen LogP contribution >= 0.6 is 22.6 Å². The smallest absolute Gasteiger partial charge is 0.256 e. The van der Waals surface area contributed by atoms with Crippen LogP contribution in [0.2, 0.25) is 0 Å². The molecule has 0 fully saturated rings. The summed E-state index contributed by atoms with van der Waals surface area (Å²) in [5.41, 5.74) is -1.63. The van der Waals surface area contributed by atoms with Crippen molar-refractivity contribution in [2.24, 2.45) is 0 Å². The summed E-state index contributed by atoms with van der Waals surface area (Å²) in [6, 6.07) is 5.40. The first kappa shape index (κ1) is 16.1. The lowest BCUT2D eigenvalue weighted by molar-refractivity contribution is -0.138. The predicted octanol–water partition coefficient (Wildman–Crippen LogP) is 5.39. The Hall–Kier alpha value is -1.32. The summed E-state index contributed by atoms with van der Waals surface area (Å²) in [5.74, 6) is 0. The van der Waals surface area contributed by atoms with E-state index in [1.54, 1.807) is 0 Å². The highest BCUT2D eigenvalue weighted by Gasteiger charge is 2.34. The molecular formula is C13H6F6IN. The summed E-state index contributed by atoms with van der Waals surface area (Å²) >= 11 is 1.48. The number of halogens is 7. The third-order valence-electron chi connectivity index (χ3n) is 2.64. The Balaban J connectivity index is 2.47. The summed E-state index contributed by atoms with van der Waals surface area (Å²) in [7, 11) is 0. The van der Waals surface area contributed by atoms with E-state index >= 15 is 0 Å². The van der Waals surface area contributed by atoms with Crippen molar-refractivity contribution in [3.8, 4) is 11.3 Å². The zero-order valence-corrected chi connectivity index (χ0v) is 12.2. The van der Waals surface area contributed by atoms with Crippen LogP contribution in [-0.4, -0.2) is 4.98 Å². The lowest BCUT2D eigenvalue weighted by Gasteiger charge is -2.11. The monoisotopic (exact) mass is 417 g/mol. The SMILES string of the molecule is FC(F)(F)c1cccc(-c2cc(I)c(C(F)(F)F)cn2)c1. The molecule has 0 bridgehead atoms. The van der Waals surface area contributed by atoms with E-state index < -0.39 is 23.5 Å². The largest absolute Gasteiger partial charge is 0.418 e. The highest BCUT2D eigenvalue weighted by atomic mass is 127. The zero-order chi connectivity index (χ0) is 15.8. The van der Waals surface area contributed by atoms with Gasteiger partial charge in [0.1, 0.15) is 0 Å². The van der Waals surface area contributed by atoms with Crippen molar-refractivity contribution in [3.05, 3.63) is 51.2 Å². The minimum Gasteiger partial charge on any atom is -0.256 e. The van der Waals surface area contributed by atoms with Crippen LogP contribution in [0.5, 0.6) is 0 Å². The van der Waals surface area contributed by atoms with Crippen LogP contribution in [-0.2, 0) is 12.4 Å². The Morgan fingerprint density at radius 3 is 2.10 bits per heavy atom. The molecule has 1 nitrogen and oxygen atoms in total. The zero-order valence-electron chi connectivity index (χ0n) is 10.1. The number of alkyl halides is 6. The average molecular weight is 417 g/mol. The molecule has 0 atom stereocenters. The Labute approximate surface area is 129 Å². The second-order valence-corrected chi connectivity index (χ2v) is 5.29. The fourth-order valence-electron chi connectivity index (χ4n) is 1.65. The summed E-state index contributed by atoms with van der Waals surface area (Å²) < 4.78 is 75.5. The van der Waals surface area contributed by atoms with Gasteiger partial charge >= 0.3 is 12.4 Å². The molecule has 8 heteroatoms. The predicted molar refractivity (Wildman–Crippen MR) is 72.4 cm³/mol. The second-order valence-electron chi connectivity index (χ2n) is 4.13. The number of benzene rings is 1. The molecule has 0 aliphatic heterocycles. The van der Waals surface area contributed by atoms with E-state index in [1.807, 2.05) is 0 Å². The quantitative estimate of drug-likeness (QED) is 0.448.